The molecule has 0 spiro atoms. The SMILES string of the molecule is CCC(C)NC(=O)C(CC)N(Cc1ccc(OC)cc1)C(=O)COc1ccc([N+](=O)[O-])c(OC)c1. The second kappa shape index (κ2) is 13.2. The summed E-state index contributed by atoms with van der Waals surface area (Å²) < 4.78 is 15.9. The van der Waals surface area contributed by atoms with E-state index in [1.807, 2.05) is 32.9 Å². The molecule has 0 aliphatic rings. The number of amides is 2. The van der Waals surface area contributed by atoms with E-state index < -0.39 is 16.9 Å². The topological polar surface area (TPSA) is 120 Å². The van der Waals surface area contributed by atoms with Crippen molar-refractivity contribution < 1.29 is 28.7 Å². The van der Waals surface area contributed by atoms with Gasteiger partial charge in [0.05, 0.1) is 19.1 Å². The minimum atomic E-state index is -0.700. The largest absolute Gasteiger partial charge is 0.497 e. The van der Waals surface area contributed by atoms with E-state index in [0.29, 0.717) is 12.2 Å². The van der Waals surface area contributed by atoms with E-state index >= 15 is 0 Å². The van der Waals surface area contributed by atoms with Crippen LogP contribution in [0.4, 0.5) is 5.69 Å². The van der Waals surface area contributed by atoms with Crippen molar-refractivity contribution in [2.75, 3.05) is 20.8 Å². The Hall–Kier alpha value is -3.82. The van der Waals surface area contributed by atoms with Crippen LogP contribution < -0.4 is 19.5 Å². The zero-order valence-corrected chi connectivity index (χ0v) is 20.8. The van der Waals surface area contributed by atoms with Crippen LogP contribution in [-0.4, -0.2) is 54.5 Å². The van der Waals surface area contributed by atoms with Crippen LogP contribution in [-0.2, 0) is 16.1 Å². The fourth-order valence-corrected chi connectivity index (χ4v) is 3.41. The van der Waals surface area contributed by atoms with E-state index in [4.69, 9.17) is 14.2 Å². The van der Waals surface area contributed by atoms with Crippen molar-refractivity contribution in [2.45, 2.75) is 52.2 Å². The number of hydrogen-bond acceptors (Lipinski definition) is 7. The highest BCUT2D eigenvalue weighted by Crippen LogP contribution is 2.30. The molecule has 1 N–H and O–H groups in total. The van der Waals surface area contributed by atoms with Gasteiger partial charge in [0, 0.05) is 24.7 Å². The molecule has 0 heterocycles. The molecule has 0 aliphatic heterocycles. The summed E-state index contributed by atoms with van der Waals surface area (Å²) in [6.45, 7) is 5.56. The first kappa shape index (κ1) is 27.4. The highest BCUT2D eigenvalue weighted by Gasteiger charge is 2.29. The molecule has 2 rings (SSSR count). The van der Waals surface area contributed by atoms with Crippen molar-refractivity contribution in [1.29, 1.82) is 0 Å². The predicted octanol–water partition coefficient (Wildman–Crippen LogP) is 3.71. The lowest BCUT2D eigenvalue weighted by molar-refractivity contribution is -0.385. The Morgan fingerprint density at radius 1 is 1.03 bits per heavy atom. The Morgan fingerprint density at radius 3 is 2.23 bits per heavy atom. The average molecular weight is 488 g/mol. The first-order chi connectivity index (χ1) is 16.7. The number of carbonyl (C=O) groups is 2. The fraction of sp³-hybridized carbons (Fsp3) is 0.440. The van der Waals surface area contributed by atoms with E-state index in [-0.39, 0.29) is 42.3 Å². The molecule has 2 unspecified atom stereocenters. The van der Waals surface area contributed by atoms with Gasteiger partial charge < -0.3 is 24.4 Å². The molecule has 190 valence electrons. The molecule has 2 atom stereocenters. The third kappa shape index (κ3) is 7.59. The van der Waals surface area contributed by atoms with Crippen LogP contribution in [0, 0.1) is 10.1 Å². The summed E-state index contributed by atoms with van der Waals surface area (Å²) in [5.41, 5.74) is 0.617. The van der Waals surface area contributed by atoms with Crippen LogP contribution in [0.3, 0.4) is 0 Å². The Kier molecular flexibility index (Phi) is 10.3. The van der Waals surface area contributed by atoms with Crippen molar-refractivity contribution in [3.8, 4) is 17.2 Å². The minimum absolute atomic E-state index is 0.0226. The summed E-state index contributed by atoms with van der Waals surface area (Å²) in [6, 6.07) is 10.5. The molecule has 10 heteroatoms. The van der Waals surface area contributed by atoms with E-state index in [1.165, 1.54) is 30.2 Å². The van der Waals surface area contributed by atoms with Crippen molar-refractivity contribution >= 4 is 17.5 Å². The standard InChI is InChI=1S/C25H33N3O7/c1-6-17(3)26-25(30)21(7-2)27(15-18-8-10-19(33-4)11-9-18)24(29)16-35-20-12-13-22(28(31)32)23(14-20)34-5/h8-14,17,21H,6-7,15-16H2,1-5H3,(H,26,30). The van der Waals surface area contributed by atoms with Gasteiger partial charge in [-0.25, -0.2) is 0 Å². The van der Waals surface area contributed by atoms with Gasteiger partial charge in [-0.2, -0.15) is 0 Å². The highest BCUT2D eigenvalue weighted by molar-refractivity contribution is 5.88. The highest BCUT2D eigenvalue weighted by atomic mass is 16.6. The third-order valence-electron chi connectivity index (χ3n) is 5.61. The van der Waals surface area contributed by atoms with Gasteiger partial charge >= 0.3 is 5.69 Å². The maximum atomic E-state index is 13.3. The number of nitro groups is 1. The van der Waals surface area contributed by atoms with Crippen LogP contribution in [0.1, 0.15) is 39.2 Å². The molecule has 0 radical (unpaired) electrons. The lowest BCUT2D eigenvalue weighted by Gasteiger charge is -2.31. The molecular weight excluding hydrogens is 454 g/mol. The molecule has 0 saturated heterocycles. The van der Waals surface area contributed by atoms with E-state index in [2.05, 4.69) is 5.32 Å². The van der Waals surface area contributed by atoms with Crippen molar-refractivity contribution in [2.24, 2.45) is 0 Å². The summed E-state index contributed by atoms with van der Waals surface area (Å²) in [6.07, 6.45) is 1.18. The van der Waals surface area contributed by atoms with Gasteiger partial charge in [-0.05, 0) is 43.5 Å². The van der Waals surface area contributed by atoms with E-state index in [0.717, 1.165) is 12.0 Å². The van der Waals surface area contributed by atoms with Crippen LogP contribution in [0.2, 0.25) is 0 Å². The molecule has 0 aliphatic carbocycles. The number of ether oxygens (including phenoxy) is 3. The van der Waals surface area contributed by atoms with Crippen molar-refractivity contribution in [3.05, 3.63) is 58.1 Å². The second-order valence-electron chi connectivity index (χ2n) is 7.99. The van der Waals surface area contributed by atoms with Gasteiger partial charge in [-0.3, -0.25) is 19.7 Å². The molecule has 2 aromatic rings. The summed E-state index contributed by atoms with van der Waals surface area (Å²) in [4.78, 5) is 38.3. The van der Waals surface area contributed by atoms with Gasteiger partial charge in [-0.15, -0.1) is 0 Å². The molecule has 35 heavy (non-hydrogen) atoms. The summed E-state index contributed by atoms with van der Waals surface area (Å²) in [5, 5.41) is 14.1. The minimum Gasteiger partial charge on any atom is -0.497 e. The van der Waals surface area contributed by atoms with Crippen molar-refractivity contribution in [3.63, 3.8) is 0 Å². The number of benzene rings is 2. The van der Waals surface area contributed by atoms with Crippen LogP contribution in [0.5, 0.6) is 17.2 Å². The van der Waals surface area contributed by atoms with Gasteiger partial charge in [0.15, 0.2) is 6.61 Å². The molecule has 0 aromatic heterocycles. The van der Waals surface area contributed by atoms with Gasteiger partial charge in [0.25, 0.3) is 5.91 Å². The molecule has 0 bridgehead atoms. The van der Waals surface area contributed by atoms with Gasteiger partial charge in [-0.1, -0.05) is 26.0 Å². The Bertz CT molecular complexity index is 1010. The molecule has 10 nitrogen and oxygen atoms in total. The summed E-state index contributed by atoms with van der Waals surface area (Å²) in [7, 11) is 2.89. The van der Waals surface area contributed by atoms with Crippen LogP contribution >= 0.6 is 0 Å². The number of methoxy groups -OCH3 is 2. The van der Waals surface area contributed by atoms with E-state index in [9.17, 15) is 19.7 Å². The summed E-state index contributed by atoms with van der Waals surface area (Å²) >= 11 is 0. The zero-order chi connectivity index (χ0) is 26.0. The first-order valence-corrected chi connectivity index (χ1v) is 11.4. The smallest absolute Gasteiger partial charge is 0.311 e. The third-order valence-corrected chi connectivity index (χ3v) is 5.61. The molecular formula is C25H33N3O7. The predicted molar refractivity (Wildman–Crippen MR) is 131 cm³/mol. The molecule has 0 saturated carbocycles. The Labute approximate surface area is 205 Å². The number of nitro benzene ring substituents is 1. The maximum Gasteiger partial charge on any atom is 0.311 e. The first-order valence-electron chi connectivity index (χ1n) is 11.4. The van der Waals surface area contributed by atoms with Gasteiger partial charge in [0.2, 0.25) is 11.7 Å². The zero-order valence-electron chi connectivity index (χ0n) is 20.8. The number of rotatable bonds is 13. The molecule has 2 amide bonds. The molecule has 2 aromatic carbocycles. The van der Waals surface area contributed by atoms with E-state index in [1.54, 1.807) is 19.2 Å². The fourth-order valence-electron chi connectivity index (χ4n) is 3.41. The quantitative estimate of drug-likeness (QED) is 0.338. The lowest BCUT2D eigenvalue weighted by atomic mass is 10.1. The summed E-state index contributed by atoms with van der Waals surface area (Å²) in [5.74, 6) is 0.311. The number of nitrogens with one attached hydrogen (secondary N) is 1. The van der Waals surface area contributed by atoms with Crippen LogP contribution in [0.25, 0.3) is 0 Å². The number of nitrogens with zero attached hydrogens (tertiary/aromatic N) is 2. The van der Waals surface area contributed by atoms with Crippen LogP contribution in [0.15, 0.2) is 42.5 Å². The molecule has 0 fully saturated rings. The lowest BCUT2D eigenvalue weighted by Crippen LogP contribution is -2.51. The Balaban J connectivity index is 2.25. The second-order valence-corrected chi connectivity index (χ2v) is 7.99. The van der Waals surface area contributed by atoms with Crippen molar-refractivity contribution in [1.82, 2.24) is 10.2 Å². The average Bonchev–Trinajstić information content (AvgIpc) is 2.86. The normalized spacial score (nSPS) is 12.3. The Morgan fingerprint density at radius 2 is 1.69 bits per heavy atom. The van der Waals surface area contributed by atoms with Gasteiger partial charge in [0.1, 0.15) is 17.5 Å². The monoisotopic (exact) mass is 487 g/mol. The number of carbonyl (C=O) groups excluding carboxylic acids is 2. The maximum absolute atomic E-state index is 13.3. The number of hydrogen-bond donors (Lipinski definition) is 1.